The summed E-state index contributed by atoms with van der Waals surface area (Å²) in [7, 11) is 0. The molecule has 0 unspecified atom stereocenters. The van der Waals surface area contributed by atoms with Crippen LogP contribution in [0, 0.1) is 6.92 Å². The molecule has 2 aliphatic rings. The van der Waals surface area contributed by atoms with E-state index >= 15 is 0 Å². The zero-order valence-corrected chi connectivity index (χ0v) is 13.7. The fraction of sp³-hybridized carbons (Fsp3) is 0.389. The molecular weight excluding hydrogens is 300 g/mol. The van der Waals surface area contributed by atoms with E-state index in [0.717, 1.165) is 54.5 Å². The average molecular weight is 320 g/mol. The van der Waals surface area contributed by atoms with Gasteiger partial charge in [0, 0.05) is 18.3 Å². The van der Waals surface area contributed by atoms with Gasteiger partial charge in [-0.3, -0.25) is 0 Å². The third-order valence-corrected chi connectivity index (χ3v) is 5.27. The quantitative estimate of drug-likeness (QED) is 0.719. The Labute approximate surface area is 140 Å². The SMILES string of the molecule is Cc1nc2c(cc1-c1nc3ccccn3n1)CC[C@@]1(CCNC1)N2. The zero-order valence-electron chi connectivity index (χ0n) is 13.7. The number of pyridine rings is 2. The zero-order chi connectivity index (χ0) is 16.1. The maximum absolute atomic E-state index is 4.85. The van der Waals surface area contributed by atoms with Crippen LogP contribution >= 0.6 is 0 Å². The van der Waals surface area contributed by atoms with Gasteiger partial charge in [0.15, 0.2) is 11.5 Å². The van der Waals surface area contributed by atoms with Crippen molar-refractivity contribution in [2.75, 3.05) is 18.4 Å². The fourth-order valence-corrected chi connectivity index (χ4v) is 3.87. The average Bonchev–Trinajstić information content (AvgIpc) is 3.21. The first-order valence-corrected chi connectivity index (χ1v) is 8.54. The van der Waals surface area contributed by atoms with Gasteiger partial charge in [0.25, 0.3) is 0 Å². The Kier molecular flexibility index (Phi) is 2.91. The molecule has 0 aromatic carbocycles. The Morgan fingerprint density at radius 3 is 3.00 bits per heavy atom. The first kappa shape index (κ1) is 13.9. The summed E-state index contributed by atoms with van der Waals surface area (Å²) in [5.41, 5.74) is 4.32. The topological polar surface area (TPSA) is 67.1 Å². The highest BCUT2D eigenvalue weighted by molar-refractivity contribution is 5.66. The third-order valence-electron chi connectivity index (χ3n) is 5.27. The van der Waals surface area contributed by atoms with Crippen molar-refractivity contribution in [3.63, 3.8) is 0 Å². The predicted octanol–water partition coefficient (Wildman–Crippen LogP) is 2.19. The van der Waals surface area contributed by atoms with Gasteiger partial charge in [0.2, 0.25) is 0 Å². The first-order valence-electron chi connectivity index (χ1n) is 8.54. The van der Waals surface area contributed by atoms with Crippen molar-refractivity contribution in [3.05, 3.63) is 41.7 Å². The second-order valence-corrected chi connectivity index (χ2v) is 6.90. The van der Waals surface area contributed by atoms with Crippen LogP contribution in [0.2, 0.25) is 0 Å². The van der Waals surface area contributed by atoms with Crippen LogP contribution in [-0.4, -0.2) is 38.2 Å². The van der Waals surface area contributed by atoms with Gasteiger partial charge in [-0.05, 0) is 56.5 Å². The minimum Gasteiger partial charge on any atom is -0.363 e. The highest BCUT2D eigenvalue weighted by Crippen LogP contribution is 2.35. The molecule has 0 saturated carbocycles. The van der Waals surface area contributed by atoms with Crippen LogP contribution in [0.5, 0.6) is 0 Å². The Morgan fingerprint density at radius 1 is 1.21 bits per heavy atom. The van der Waals surface area contributed by atoms with Crippen molar-refractivity contribution in [2.24, 2.45) is 0 Å². The van der Waals surface area contributed by atoms with Crippen LogP contribution in [0.15, 0.2) is 30.5 Å². The minimum atomic E-state index is 0.190. The molecule has 24 heavy (non-hydrogen) atoms. The van der Waals surface area contributed by atoms with E-state index in [0.29, 0.717) is 0 Å². The Hall–Kier alpha value is -2.47. The lowest BCUT2D eigenvalue weighted by Crippen LogP contribution is -2.44. The van der Waals surface area contributed by atoms with E-state index in [4.69, 9.17) is 4.98 Å². The van der Waals surface area contributed by atoms with Crippen LogP contribution < -0.4 is 10.6 Å². The lowest BCUT2D eigenvalue weighted by molar-refractivity contribution is 0.454. The molecule has 2 aliphatic heterocycles. The molecule has 5 rings (SSSR count). The molecule has 5 heterocycles. The Morgan fingerprint density at radius 2 is 2.17 bits per heavy atom. The van der Waals surface area contributed by atoms with E-state index in [2.05, 4.69) is 26.8 Å². The molecule has 6 heteroatoms. The van der Waals surface area contributed by atoms with Gasteiger partial charge in [0.05, 0.1) is 11.2 Å². The maximum Gasteiger partial charge on any atom is 0.183 e. The summed E-state index contributed by atoms with van der Waals surface area (Å²) in [6, 6.07) is 8.12. The number of rotatable bonds is 1. The number of aromatic nitrogens is 4. The molecule has 2 N–H and O–H groups in total. The Balaban J connectivity index is 1.57. The van der Waals surface area contributed by atoms with Crippen molar-refractivity contribution in [1.29, 1.82) is 0 Å². The summed E-state index contributed by atoms with van der Waals surface area (Å²) < 4.78 is 1.81. The molecule has 3 aromatic rings. The predicted molar refractivity (Wildman–Crippen MR) is 93.1 cm³/mol. The van der Waals surface area contributed by atoms with E-state index in [-0.39, 0.29) is 5.54 Å². The fourth-order valence-electron chi connectivity index (χ4n) is 3.87. The van der Waals surface area contributed by atoms with Gasteiger partial charge < -0.3 is 10.6 Å². The molecule has 1 spiro atoms. The van der Waals surface area contributed by atoms with Gasteiger partial charge in [-0.2, -0.15) is 0 Å². The second kappa shape index (κ2) is 5.01. The van der Waals surface area contributed by atoms with Gasteiger partial charge in [0.1, 0.15) is 5.82 Å². The van der Waals surface area contributed by atoms with Gasteiger partial charge in [-0.15, -0.1) is 5.10 Å². The van der Waals surface area contributed by atoms with Crippen LogP contribution in [0.3, 0.4) is 0 Å². The molecule has 0 aliphatic carbocycles. The Bertz CT molecular complexity index is 889. The molecule has 122 valence electrons. The van der Waals surface area contributed by atoms with E-state index in [1.54, 1.807) is 0 Å². The molecular formula is C18H20N6. The van der Waals surface area contributed by atoms with E-state index < -0.39 is 0 Å². The number of hydrogen-bond acceptors (Lipinski definition) is 5. The smallest absolute Gasteiger partial charge is 0.183 e. The van der Waals surface area contributed by atoms with Crippen molar-refractivity contribution in [3.8, 4) is 11.4 Å². The summed E-state index contributed by atoms with van der Waals surface area (Å²) in [6.07, 6.45) is 5.29. The van der Waals surface area contributed by atoms with Gasteiger partial charge in [-0.1, -0.05) is 6.07 Å². The molecule has 1 saturated heterocycles. The molecule has 0 amide bonds. The second-order valence-electron chi connectivity index (χ2n) is 6.90. The molecule has 1 fully saturated rings. The lowest BCUT2D eigenvalue weighted by Gasteiger charge is -2.35. The van der Waals surface area contributed by atoms with Crippen LogP contribution in [0.4, 0.5) is 5.82 Å². The summed E-state index contributed by atoms with van der Waals surface area (Å²) in [5.74, 6) is 1.78. The largest absolute Gasteiger partial charge is 0.363 e. The van der Waals surface area contributed by atoms with Crippen molar-refractivity contribution >= 4 is 11.5 Å². The van der Waals surface area contributed by atoms with Gasteiger partial charge >= 0.3 is 0 Å². The van der Waals surface area contributed by atoms with Crippen molar-refractivity contribution in [1.82, 2.24) is 24.9 Å². The normalized spacial score (nSPS) is 22.7. The van der Waals surface area contributed by atoms with E-state index in [1.165, 1.54) is 12.0 Å². The first-order chi connectivity index (χ1) is 11.7. The lowest BCUT2D eigenvalue weighted by atomic mass is 9.86. The van der Waals surface area contributed by atoms with Crippen molar-refractivity contribution in [2.45, 2.75) is 31.7 Å². The van der Waals surface area contributed by atoms with Crippen LogP contribution in [-0.2, 0) is 6.42 Å². The molecule has 3 aromatic heterocycles. The summed E-state index contributed by atoms with van der Waals surface area (Å²) in [6.45, 7) is 4.16. The standard InChI is InChI=1S/C18H20N6/c1-12-14(17-21-15-4-2-3-9-24(15)23-17)10-13-5-6-18(7-8-19-11-18)22-16(13)20-12/h2-4,9-10,19H,5-8,11H2,1H3,(H,20,22)/t18-/m0/s1. The monoisotopic (exact) mass is 320 g/mol. The van der Waals surface area contributed by atoms with Crippen molar-refractivity contribution < 1.29 is 0 Å². The maximum atomic E-state index is 4.85. The summed E-state index contributed by atoms with van der Waals surface area (Å²) >= 11 is 0. The third kappa shape index (κ3) is 2.10. The summed E-state index contributed by atoms with van der Waals surface area (Å²) in [5, 5.41) is 11.8. The molecule has 0 bridgehead atoms. The van der Waals surface area contributed by atoms with Gasteiger partial charge in [-0.25, -0.2) is 14.5 Å². The van der Waals surface area contributed by atoms with Crippen LogP contribution in [0.1, 0.15) is 24.1 Å². The molecule has 0 radical (unpaired) electrons. The number of fused-ring (bicyclic) bond motifs is 2. The highest BCUT2D eigenvalue weighted by Gasteiger charge is 2.37. The number of hydrogen-bond donors (Lipinski definition) is 2. The molecule has 1 atom stereocenters. The number of aryl methyl sites for hydroxylation is 2. The van der Waals surface area contributed by atoms with Crippen LogP contribution in [0.25, 0.3) is 17.0 Å². The number of nitrogens with one attached hydrogen (secondary N) is 2. The highest BCUT2D eigenvalue weighted by atomic mass is 15.3. The van der Waals surface area contributed by atoms with E-state index in [1.807, 2.05) is 35.8 Å². The number of anilines is 1. The number of nitrogens with zero attached hydrogens (tertiary/aromatic N) is 4. The molecule has 6 nitrogen and oxygen atoms in total. The van der Waals surface area contributed by atoms with E-state index in [9.17, 15) is 0 Å². The summed E-state index contributed by atoms with van der Waals surface area (Å²) in [4.78, 5) is 9.50. The minimum absolute atomic E-state index is 0.190.